The normalized spacial score (nSPS) is 19.8. The van der Waals surface area contributed by atoms with Gasteiger partial charge in [-0.3, -0.25) is 4.90 Å². The second kappa shape index (κ2) is 5.01. The predicted octanol–water partition coefficient (Wildman–Crippen LogP) is 2.35. The molecule has 0 aromatic heterocycles. The molecule has 1 fully saturated rings. The molecule has 0 bridgehead atoms. The molecule has 0 aromatic rings. The third kappa shape index (κ3) is 3.04. The molecule has 14 heavy (non-hydrogen) atoms. The zero-order valence-corrected chi connectivity index (χ0v) is 9.29. The van der Waals surface area contributed by atoms with Gasteiger partial charge in [0.1, 0.15) is 11.9 Å². The van der Waals surface area contributed by atoms with Crippen LogP contribution in [0.25, 0.3) is 0 Å². The average Bonchev–Trinajstić information content (AvgIpc) is 2.08. The van der Waals surface area contributed by atoms with Crippen LogP contribution in [-0.4, -0.2) is 31.1 Å². The van der Waals surface area contributed by atoms with E-state index in [1.807, 2.05) is 32.1 Å². The van der Waals surface area contributed by atoms with E-state index in [0.717, 1.165) is 24.4 Å². The third-order valence-corrected chi connectivity index (χ3v) is 2.18. The lowest BCUT2D eigenvalue weighted by Crippen LogP contribution is -2.49. The highest BCUT2D eigenvalue weighted by molar-refractivity contribution is 5.25. The van der Waals surface area contributed by atoms with Crippen LogP contribution in [0.15, 0.2) is 36.1 Å². The fourth-order valence-corrected chi connectivity index (χ4v) is 1.36. The molecule has 78 valence electrons. The van der Waals surface area contributed by atoms with Gasteiger partial charge in [0, 0.05) is 13.1 Å². The minimum atomic E-state index is 0.341. The zero-order valence-electron chi connectivity index (χ0n) is 9.29. The molecule has 1 aliphatic heterocycles. The molecule has 0 amide bonds. The van der Waals surface area contributed by atoms with Gasteiger partial charge in [-0.1, -0.05) is 18.7 Å². The molecule has 0 aliphatic carbocycles. The van der Waals surface area contributed by atoms with Gasteiger partial charge in [0.25, 0.3) is 0 Å². The van der Waals surface area contributed by atoms with Crippen LogP contribution < -0.4 is 0 Å². The third-order valence-electron chi connectivity index (χ3n) is 2.18. The lowest BCUT2D eigenvalue weighted by atomic mass is 10.2. The van der Waals surface area contributed by atoms with Crippen LogP contribution in [0.2, 0.25) is 0 Å². The molecule has 1 aliphatic rings. The average molecular weight is 193 g/mol. The Labute approximate surface area is 86.6 Å². The van der Waals surface area contributed by atoms with Crippen molar-refractivity contribution >= 4 is 0 Å². The number of rotatable bonds is 4. The summed E-state index contributed by atoms with van der Waals surface area (Å²) in [5.74, 6) is 0.904. The second-order valence-electron chi connectivity index (χ2n) is 3.80. The first-order chi connectivity index (χ1) is 6.63. The van der Waals surface area contributed by atoms with E-state index in [-0.39, 0.29) is 0 Å². The summed E-state index contributed by atoms with van der Waals surface area (Å²) in [4.78, 5) is 2.23. The van der Waals surface area contributed by atoms with Gasteiger partial charge in [-0.2, -0.15) is 0 Å². The first-order valence-corrected chi connectivity index (χ1v) is 4.97. The van der Waals surface area contributed by atoms with Crippen LogP contribution >= 0.6 is 0 Å². The number of likely N-dealkylation sites (tertiary alicyclic amines) is 1. The number of nitrogens with zero attached hydrogens (tertiary/aromatic N) is 1. The minimum Gasteiger partial charge on any atom is -0.488 e. The van der Waals surface area contributed by atoms with Crippen LogP contribution in [0.1, 0.15) is 13.8 Å². The van der Waals surface area contributed by atoms with Crippen LogP contribution in [0.5, 0.6) is 0 Å². The monoisotopic (exact) mass is 193 g/mol. The predicted molar refractivity (Wildman–Crippen MR) is 60.1 cm³/mol. The molecule has 0 spiro atoms. The molecule has 0 radical (unpaired) electrons. The quantitative estimate of drug-likeness (QED) is 0.502. The lowest BCUT2D eigenvalue weighted by molar-refractivity contribution is -0.00401. The van der Waals surface area contributed by atoms with E-state index < -0.39 is 0 Å². The van der Waals surface area contributed by atoms with Crippen molar-refractivity contribution in [1.29, 1.82) is 0 Å². The van der Waals surface area contributed by atoms with E-state index in [1.165, 1.54) is 0 Å². The SMILES string of the molecule is C=C(C)/C(=C\C=C/C)OC1CN(C)C1. The molecule has 1 saturated heterocycles. The summed E-state index contributed by atoms with van der Waals surface area (Å²) in [7, 11) is 2.09. The minimum absolute atomic E-state index is 0.341. The molecular weight excluding hydrogens is 174 g/mol. The smallest absolute Gasteiger partial charge is 0.124 e. The highest BCUT2D eigenvalue weighted by Gasteiger charge is 2.25. The number of hydrogen-bond donors (Lipinski definition) is 0. The van der Waals surface area contributed by atoms with Crippen LogP contribution in [0, 0.1) is 0 Å². The van der Waals surface area contributed by atoms with E-state index in [2.05, 4.69) is 18.5 Å². The van der Waals surface area contributed by atoms with Crippen LogP contribution in [0.4, 0.5) is 0 Å². The molecule has 1 rings (SSSR count). The molecule has 0 unspecified atom stereocenters. The maximum Gasteiger partial charge on any atom is 0.124 e. The molecule has 0 saturated carbocycles. The van der Waals surface area contributed by atoms with Gasteiger partial charge >= 0.3 is 0 Å². The summed E-state index contributed by atoms with van der Waals surface area (Å²) < 4.78 is 5.79. The van der Waals surface area contributed by atoms with Crippen molar-refractivity contribution in [1.82, 2.24) is 4.90 Å². The molecule has 0 aromatic carbocycles. The fourth-order valence-electron chi connectivity index (χ4n) is 1.36. The summed E-state index contributed by atoms with van der Waals surface area (Å²) in [6.07, 6.45) is 6.28. The standard InChI is InChI=1S/C12H19NO/c1-5-6-7-12(10(2)3)14-11-8-13(4)9-11/h5-7,11H,2,8-9H2,1,3-4H3/b6-5-,12-7+. The van der Waals surface area contributed by atoms with Gasteiger partial charge in [-0.25, -0.2) is 0 Å². The van der Waals surface area contributed by atoms with Gasteiger partial charge in [0.2, 0.25) is 0 Å². The number of hydrogen-bond acceptors (Lipinski definition) is 2. The number of ether oxygens (including phenoxy) is 1. The summed E-state index contributed by atoms with van der Waals surface area (Å²) in [6, 6.07) is 0. The van der Waals surface area contributed by atoms with Crippen molar-refractivity contribution < 1.29 is 4.74 Å². The van der Waals surface area contributed by atoms with Gasteiger partial charge in [-0.15, -0.1) is 0 Å². The van der Waals surface area contributed by atoms with E-state index in [4.69, 9.17) is 4.74 Å². The van der Waals surface area contributed by atoms with E-state index >= 15 is 0 Å². The highest BCUT2D eigenvalue weighted by Crippen LogP contribution is 2.17. The van der Waals surface area contributed by atoms with Gasteiger partial charge in [0.15, 0.2) is 0 Å². The Morgan fingerprint density at radius 3 is 2.57 bits per heavy atom. The van der Waals surface area contributed by atoms with Crippen molar-refractivity contribution in [2.24, 2.45) is 0 Å². The number of likely N-dealkylation sites (N-methyl/N-ethyl adjacent to an activating group) is 1. The maximum absolute atomic E-state index is 5.79. The van der Waals surface area contributed by atoms with Gasteiger partial charge < -0.3 is 4.74 Å². The summed E-state index contributed by atoms with van der Waals surface area (Å²) >= 11 is 0. The molecule has 2 nitrogen and oxygen atoms in total. The Bertz CT molecular complexity index is 259. The van der Waals surface area contributed by atoms with Crippen LogP contribution in [0.3, 0.4) is 0 Å². The fraction of sp³-hybridized carbons (Fsp3) is 0.500. The highest BCUT2D eigenvalue weighted by atomic mass is 16.5. The Kier molecular flexibility index (Phi) is 3.96. The zero-order chi connectivity index (χ0) is 10.6. The lowest BCUT2D eigenvalue weighted by Gasteiger charge is -2.36. The van der Waals surface area contributed by atoms with E-state index in [0.29, 0.717) is 6.10 Å². The Hall–Kier alpha value is -1.02. The molecule has 1 heterocycles. The van der Waals surface area contributed by atoms with Crippen molar-refractivity contribution in [3.63, 3.8) is 0 Å². The first kappa shape index (κ1) is 11.1. The van der Waals surface area contributed by atoms with E-state index in [1.54, 1.807) is 0 Å². The Morgan fingerprint density at radius 2 is 2.14 bits per heavy atom. The second-order valence-corrected chi connectivity index (χ2v) is 3.80. The van der Waals surface area contributed by atoms with Gasteiger partial charge in [-0.05, 0) is 32.5 Å². The van der Waals surface area contributed by atoms with Crippen molar-refractivity contribution in [2.45, 2.75) is 20.0 Å². The Morgan fingerprint density at radius 1 is 1.50 bits per heavy atom. The summed E-state index contributed by atoms with van der Waals surface area (Å²) in [6.45, 7) is 9.89. The molecule has 0 N–H and O–H groups in total. The largest absolute Gasteiger partial charge is 0.488 e. The molecular formula is C12H19NO. The Balaban J connectivity index is 2.48. The maximum atomic E-state index is 5.79. The van der Waals surface area contributed by atoms with Crippen molar-refractivity contribution in [3.05, 3.63) is 36.1 Å². The van der Waals surface area contributed by atoms with E-state index in [9.17, 15) is 0 Å². The summed E-state index contributed by atoms with van der Waals surface area (Å²) in [5, 5.41) is 0. The molecule has 0 atom stereocenters. The topological polar surface area (TPSA) is 12.5 Å². The number of allylic oxidation sites excluding steroid dienone is 4. The summed E-state index contributed by atoms with van der Waals surface area (Å²) in [5.41, 5.74) is 0.984. The first-order valence-electron chi connectivity index (χ1n) is 4.97. The van der Waals surface area contributed by atoms with Crippen LogP contribution in [-0.2, 0) is 4.74 Å². The van der Waals surface area contributed by atoms with Crippen molar-refractivity contribution in [2.75, 3.05) is 20.1 Å². The molecule has 2 heteroatoms. The van der Waals surface area contributed by atoms with Gasteiger partial charge in [0.05, 0.1) is 0 Å². The van der Waals surface area contributed by atoms with Crippen molar-refractivity contribution in [3.8, 4) is 0 Å².